The van der Waals surface area contributed by atoms with E-state index in [2.05, 4.69) is 68.7 Å². The van der Waals surface area contributed by atoms with Gasteiger partial charge in [0.15, 0.2) is 0 Å². The minimum atomic E-state index is -0.0901. The number of hydrogen-bond acceptors (Lipinski definition) is 4. The van der Waals surface area contributed by atoms with Crippen molar-refractivity contribution in [3.05, 3.63) is 41.0 Å². The molecule has 1 aromatic carbocycles. The highest BCUT2D eigenvalue weighted by atomic mass is 16.1. The summed E-state index contributed by atoms with van der Waals surface area (Å²) in [5.74, 6) is 4.54. The molecule has 0 saturated heterocycles. The molecule has 3 fully saturated rings. The van der Waals surface area contributed by atoms with Gasteiger partial charge in [0.1, 0.15) is 11.6 Å². The number of hydrogen-bond donors (Lipinski definition) is 1. The lowest BCUT2D eigenvalue weighted by Crippen LogP contribution is -2.29. The van der Waals surface area contributed by atoms with Crippen LogP contribution in [0.1, 0.15) is 99.4 Å². The Morgan fingerprint density at radius 3 is 2.43 bits per heavy atom. The van der Waals surface area contributed by atoms with Crippen LogP contribution in [0.25, 0.3) is 0 Å². The van der Waals surface area contributed by atoms with E-state index >= 15 is 0 Å². The van der Waals surface area contributed by atoms with Crippen molar-refractivity contribution in [1.29, 1.82) is 0 Å². The number of carbonyl (C=O) groups excluding carboxylic acids is 1. The van der Waals surface area contributed by atoms with E-state index in [0.717, 1.165) is 41.8 Å². The molecule has 35 heavy (non-hydrogen) atoms. The van der Waals surface area contributed by atoms with E-state index in [9.17, 15) is 4.79 Å². The van der Waals surface area contributed by atoms with Crippen molar-refractivity contribution in [1.82, 2.24) is 19.7 Å². The van der Waals surface area contributed by atoms with Crippen LogP contribution >= 0.6 is 0 Å². The van der Waals surface area contributed by atoms with Gasteiger partial charge in [-0.15, -0.1) is 10.2 Å². The number of aryl methyl sites for hydroxylation is 2. The molecular weight excluding hydrogens is 434 g/mol. The van der Waals surface area contributed by atoms with Crippen molar-refractivity contribution in [2.75, 3.05) is 19.4 Å². The fraction of sp³-hybridized carbons (Fsp3) is 0.690. The zero-order valence-corrected chi connectivity index (χ0v) is 22.4. The van der Waals surface area contributed by atoms with Gasteiger partial charge < -0.3 is 14.8 Å². The fourth-order valence-electron chi connectivity index (χ4n) is 6.55. The molecule has 1 N–H and O–H groups in total. The second kappa shape index (κ2) is 9.68. The van der Waals surface area contributed by atoms with Crippen molar-refractivity contribution >= 4 is 11.6 Å². The van der Waals surface area contributed by atoms with E-state index in [1.165, 1.54) is 43.5 Å². The average molecular weight is 478 g/mol. The van der Waals surface area contributed by atoms with Crippen LogP contribution in [-0.2, 0) is 4.79 Å². The number of amides is 1. The summed E-state index contributed by atoms with van der Waals surface area (Å²) < 4.78 is 2.48. The molecule has 0 radical (unpaired) electrons. The van der Waals surface area contributed by atoms with Crippen LogP contribution in [0.4, 0.5) is 5.69 Å². The van der Waals surface area contributed by atoms with Gasteiger partial charge in [-0.3, -0.25) is 4.79 Å². The molecule has 1 amide bonds. The lowest BCUT2D eigenvalue weighted by Gasteiger charge is -2.36. The quantitative estimate of drug-likeness (QED) is 0.519. The third-order valence-corrected chi connectivity index (χ3v) is 8.64. The SMILES string of the molecule is Cc1ccc(NC(=O)[C@H]2CC(N(C)C)C[C@@H]2c2nnc(C3CC(CC(C)C)C3)n2C2CC2)c(C)c1. The Morgan fingerprint density at radius 2 is 1.80 bits per heavy atom. The second-order valence-corrected chi connectivity index (χ2v) is 12.3. The van der Waals surface area contributed by atoms with Gasteiger partial charge >= 0.3 is 0 Å². The molecule has 190 valence electrons. The molecule has 3 aliphatic carbocycles. The maximum atomic E-state index is 13.7. The Bertz CT molecular complexity index is 1060. The van der Waals surface area contributed by atoms with Gasteiger partial charge in [0, 0.05) is 35.5 Å². The predicted octanol–water partition coefficient (Wildman–Crippen LogP) is 5.83. The van der Waals surface area contributed by atoms with E-state index in [-0.39, 0.29) is 17.7 Å². The first-order valence-electron chi connectivity index (χ1n) is 13.7. The standard InChI is InChI=1S/C29H43N5O/c1-17(2)11-20-13-21(14-20)27-31-32-28(34(27)22-8-9-22)24-15-23(33(5)6)16-25(24)29(35)30-26-10-7-18(3)12-19(26)4/h7,10,12,17,20-25H,8-9,11,13-16H2,1-6H3,(H,30,35)/t20?,21?,23?,24-,25-/m0/s1. The Balaban J connectivity index is 1.40. The third-order valence-electron chi connectivity index (χ3n) is 8.64. The van der Waals surface area contributed by atoms with Crippen LogP contribution in [0.3, 0.4) is 0 Å². The zero-order chi connectivity index (χ0) is 24.9. The Labute approximate surface area is 210 Å². The number of benzene rings is 1. The number of anilines is 1. The summed E-state index contributed by atoms with van der Waals surface area (Å²) >= 11 is 0. The maximum absolute atomic E-state index is 13.7. The van der Waals surface area contributed by atoms with Crippen molar-refractivity contribution in [2.24, 2.45) is 17.8 Å². The van der Waals surface area contributed by atoms with Gasteiger partial charge in [-0.2, -0.15) is 0 Å². The molecule has 0 bridgehead atoms. The molecule has 3 aliphatic rings. The van der Waals surface area contributed by atoms with Crippen LogP contribution in [0.5, 0.6) is 0 Å². The fourth-order valence-corrected chi connectivity index (χ4v) is 6.55. The van der Waals surface area contributed by atoms with Crippen molar-refractivity contribution in [2.45, 2.75) is 96.6 Å². The first kappa shape index (κ1) is 24.5. The summed E-state index contributed by atoms with van der Waals surface area (Å²) in [6.07, 6.45) is 8.04. The van der Waals surface area contributed by atoms with E-state index in [1.807, 2.05) is 6.07 Å². The summed E-state index contributed by atoms with van der Waals surface area (Å²) in [5, 5.41) is 12.9. The average Bonchev–Trinajstić information content (AvgIpc) is 3.35. The summed E-state index contributed by atoms with van der Waals surface area (Å²) in [5.41, 5.74) is 3.24. The predicted molar refractivity (Wildman–Crippen MR) is 141 cm³/mol. The van der Waals surface area contributed by atoms with Crippen molar-refractivity contribution in [3.63, 3.8) is 0 Å². The van der Waals surface area contributed by atoms with Gasteiger partial charge in [0.2, 0.25) is 5.91 Å². The lowest BCUT2D eigenvalue weighted by atomic mass is 9.71. The number of aromatic nitrogens is 3. The van der Waals surface area contributed by atoms with E-state index < -0.39 is 0 Å². The van der Waals surface area contributed by atoms with Crippen LogP contribution in [0, 0.1) is 31.6 Å². The van der Waals surface area contributed by atoms with Gasteiger partial charge in [0.05, 0.1) is 0 Å². The van der Waals surface area contributed by atoms with E-state index in [4.69, 9.17) is 10.2 Å². The Morgan fingerprint density at radius 1 is 1.09 bits per heavy atom. The van der Waals surface area contributed by atoms with Gasteiger partial charge in [-0.25, -0.2) is 0 Å². The number of rotatable bonds is 8. The second-order valence-electron chi connectivity index (χ2n) is 12.3. The minimum Gasteiger partial charge on any atom is -0.326 e. The molecule has 1 unspecified atom stereocenters. The number of carbonyl (C=O) groups is 1. The van der Waals surface area contributed by atoms with Crippen LogP contribution in [-0.4, -0.2) is 45.7 Å². The highest BCUT2D eigenvalue weighted by Crippen LogP contribution is 2.50. The summed E-state index contributed by atoms with van der Waals surface area (Å²) in [6, 6.07) is 7.14. The molecular formula is C29H43N5O. The summed E-state index contributed by atoms with van der Waals surface area (Å²) in [6.45, 7) is 8.80. The highest BCUT2D eigenvalue weighted by Gasteiger charge is 2.46. The van der Waals surface area contributed by atoms with Crippen molar-refractivity contribution in [3.8, 4) is 0 Å². The summed E-state index contributed by atoms with van der Waals surface area (Å²) in [7, 11) is 4.26. The molecule has 1 aromatic heterocycles. The molecule has 0 aliphatic heterocycles. The van der Waals surface area contributed by atoms with Crippen LogP contribution in [0.2, 0.25) is 0 Å². The normalized spacial score (nSPS) is 28.5. The molecule has 6 heteroatoms. The monoisotopic (exact) mass is 477 g/mol. The first-order chi connectivity index (χ1) is 16.7. The smallest absolute Gasteiger partial charge is 0.228 e. The largest absolute Gasteiger partial charge is 0.326 e. The van der Waals surface area contributed by atoms with Crippen LogP contribution in [0.15, 0.2) is 18.2 Å². The number of nitrogens with zero attached hydrogens (tertiary/aromatic N) is 4. The van der Waals surface area contributed by atoms with E-state index in [0.29, 0.717) is 18.0 Å². The molecule has 5 rings (SSSR count). The highest BCUT2D eigenvalue weighted by molar-refractivity contribution is 5.94. The molecule has 6 nitrogen and oxygen atoms in total. The third kappa shape index (κ3) is 5.04. The number of nitrogens with one attached hydrogen (secondary N) is 1. The molecule has 2 aromatic rings. The minimum absolute atomic E-state index is 0.0901. The van der Waals surface area contributed by atoms with E-state index in [1.54, 1.807) is 0 Å². The van der Waals surface area contributed by atoms with Crippen molar-refractivity contribution < 1.29 is 4.79 Å². The molecule has 3 atom stereocenters. The van der Waals surface area contributed by atoms with Gasteiger partial charge in [-0.05, 0) is 96.4 Å². The maximum Gasteiger partial charge on any atom is 0.228 e. The molecule has 0 spiro atoms. The first-order valence-corrected chi connectivity index (χ1v) is 13.7. The Kier molecular flexibility index (Phi) is 6.77. The topological polar surface area (TPSA) is 63.1 Å². The van der Waals surface area contributed by atoms with Crippen LogP contribution < -0.4 is 5.32 Å². The summed E-state index contributed by atoms with van der Waals surface area (Å²) in [4.78, 5) is 15.9. The molecule has 3 saturated carbocycles. The van der Waals surface area contributed by atoms with Gasteiger partial charge in [0.25, 0.3) is 0 Å². The zero-order valence-electron chi connectivity index (χ0n) is 22.4. The Hall–Kier alpha value is -2.21. The lowest BCUT2D eigenvalue weighted by molar-refractivity contribution is -0.120. The molecule has 1 heterocycles. The van der Waals surface area contributed by atoms with Gasteiger partial charge in [-0.1, -0.05) is 31.5 Å².